The van der Waals surface area contributed by atoms with Crippen molar-refractivity contribution in [2.24, 2.45) is 9.98 Å². The Morgan fingerprint density at radius 1 is 1.21 bits per heavy atom. The average molecular weight is 386 g/mol. The van der Waals surface area contributed by atoms with Gasteiger partial charge in [0.2, 0.25) is 0 Å². The predicted molar refractivity (Wildman–Crippen MR) is 124 cm³/mol. The number of rotatable bonds is 7. The molecule has 0 radical (unpaired) electrons. The molecule has 3 rings (SSSR count). The highest BCUT2D eigenvalue weighted by Crippen LogP contribution is 2.32. The summed E-state index contributed by atoms with van der Waals surface area (Å²) in [6.45, 7) is 11.0. The molecule has 0 unspecified atom stereocenters. The van der Waals surface area contributed by atoms with Crippen LogP contribution in [0.2, 0.25) is 0 Å². The summed E-state index contributed by atoms with van der Waals surface area (Å²) in [5, 5.41) is 3.41. The molecule has 1 heterocycles. The Kier molecular flexibility index (Phi) is 6.80. The van der Waals surface area contributed by atoms with E-state index in [-0.39, 0.29) is 0 Å². The molecular formula is C25H27N3O. The Morgan fingerprint density at radius 2 is 2.00 bits per heavy atom. The highest BCUT2D eigenvalue weighted by Gasteiger charge is 2.15. The molecule has 4 heteroatoms. The third kappa shape index (κ3) is 4.72. The molecule has 0 bridgehead atoms. The molecule has 0 spiro atoms. The topological polar surface area (TPSA) is 46.0 Å². The van der Waals surface area contributed by atoms with Gasteiger partial charge in [-0.3, -0.25) is 9.98 Å². The summed E-state index contributed by atoms with van der Waals surface area (Å²) in [5.74, 6) is 1.76. The van der Waals surface area contributed by atoms with Crippen LogP contribution in [-0.2, 0) is 6.42 Å². The molecule has 0 aromatic heterocycles. The number of hydrogen-bond donors (Lipinski definition) is 1. The van der Waals surface area contributed by atoms with Crippen LogP contribution in [0.3, 0.4) is 0 Å². The van der Waals surface area contributed by atoms with Crippen molar-refractivity contribution in [1.82, 2.24) is 5.32 Å². The van der Waals surface area contributed by atoms with Gasteiger partial charge in [-0.15, -0.1) is 0 Å². The normalized spacial score (nSPS) is 13.9. The zero-order valence-corrected chi connectivity index (χ0v) is 17.1. The SMILES string of the molecule is C=C/C(=C\C=C/C)CNC(=NC)c1cc(-c2ccc3c(c2)CCO3)ccc1N=C. The van der Waals surface area contributed by atoms with Gasteiger partial charge in [0.05, 0.1) is 12.3 Å². The fourth-order valence-electron chi connectivity index (χ4n) is 3.31. The van der Waals surface area contributed by atoms with Crippen molar-refractivity contribution in [1.29, 1.82) is 0 Å². The predicted octanol–water partition coefficient (Wildman–Crippen LogP) is 5.28. The number of hydrogen-bond acceptors (Lipinski definition) is 3. The van der Waals surface area contributed by atoms with Crippen LogP contribution < -0.4 is 10.1 Å². The second-order valence-corrected chi connectivity index (χ2v) is 6.71. The van der Waals surface area contributed by atoms with Gasteiger partial charge in [0.1, 0.15) is 11.6 Å². The maximum atomic E-state index is 5.63. The molecule has 29 heavy (non-hydrogen) atoms. The zero-order chi connectivity index (χ0) is 20.6. The lowest BCUT2D eigenvalue weighted by Gasteiger charge is -2.14. The van der Waals surface area contributed by atoms with Gasteiger partial charge >= 0.3 is 0 Å². The van der Waals surface area contributed by atoms with E-state index in [1.54, 1.807) is 7.05 Å². The quantitative estimate of drug-likeness (QED) is 0.401. The first-order chi connectivity index (χ1) is 14.2. The van der Waals surface area contributed by atoms with Crippen LogP contribution >= 0.6 is 0 Å². The van der Waals surface area contributed by atoms with Gasteiger partial charge in [0.15, 0.2) is 0 Å². The number of aliphatic imine (C=N–C) groups is 2. The number of allylic oxidation sites excluding steroid dienone is 3. The van der Waals surface area contributed by atoms with E-state index in [2.05, 4.69) is 52.9 Å². The van der Waals surface area contributed by atoms with E-state index in [0.29, 0.717) is 6.54 Å². The van der Waals surface area contributed by atoms with Crippen LogP contribution in [0.1, 0.15) is 18.1 Å². The van der Waals surface area contributed by atoms with Gasteiger partial charge in [-0.25, -0.2) is 0 Å². The number of nitrogens with zero attached hydrogens (tertiary/aromatic N) is 2. The minimum absolute atomic E-state index is 0.623. The van der Waals surface area contributed by atoms with E-state index in [0.717, 1.165) is 52.6 Å². The van der Waals surface area contributed by atoms with E-state index < -0.39 is 0 Å². The third-order valence-electron chi connectivity index (χ3n) is 4.89. The Hall–Kier alpha value is -3.40. The van der Waals surface area contributed by atoms with Crippen molar-refractivity contribution in [3.8, 4) is 16.9 Å². The van der Waals surface area contributed by atoms with Crippen LogP contribution in [0, 0.1) is 0 Å². The van der Waals surface area contributed by atoms with Crippen LogP contribution in [0.25, 0.3) is 11.1 Å². The number of ether oxygens (including phenoxy) is 1. The zero-order valence-electron chi connectivity index (χ0n) is 17.1. The van der Waals surface area contributed by atoms with Crippen molar-refractivity contribution in [2.45, 2.75) is 13.3 Å². The smallest absolute Gasteiger partial charge is 0.130 e. The number of fused-ring (bicyclic) bond motifs is 1. The van der Waals surface area contributed by atoms with Crippen molar-refractivity contribution in [2.75, 3.05) is 20.2 Å². The lowest BCUT2D eigenvalue weighted by molar-refractivity contribution is 0.357. The van der Waals surface area contributed by atoms with Gasteiger partial charge in [-0.1, -0.05) is 43.0 Å². The summed E-state index contributed by atoms with van der Waals surface area (Å²) < 4.78 is 5.63. The van der Waals surface area contributed by atoms with Crippen LogP contribution in [0.5, 0.6) is 5.75 Å². The van der Waals surface area contributed by atoms with Crippen molar-refractivity contribution in [3.63, 3.8) is 0 Å². The van der Waals surface area contributed by atoms with Crippen molar-refractivity contribution >= 4 is 18.2 Å². The molecule has 4 nitrogen and oxygen atoms in total. The van der Waals surface area contributed by atoms with Crippen LogP contribution in [0.4, 0.5) is 5.69 Å². The van der Waals surface area contributed by atoms with Crippen LogP contribution in [0.15, 0.2) is 82.8 Å². The molecule has 0 saturated heterocycles. The van der Waals surface area contributed by atoms with E-state index in [9.17, 15) is 0 Å². The monoisotopic (exact) mass is 385 g/mol. The molecule has 148 valence electrons. The molecule has 0 fully saturated rings. The molecule has 1 aliphatic rings. The molecule has 0 atom stereocenters. The minimum atomic E-state index is 0.623. The molecule has 1 aliphatic heterocycles. The fourth-order valence-corrected chi connectivity index (χ4v) is 3.31. The molecule has 2 aromatic carbocycles. The second kappa shape index (κ2) is 9.69. The maximum Gasteiger partial charge on any atom is 0.130 e. The Balaban J connectivity index is 1.91. The van der Waals surface area contributed by atoms with E-state index in [1.807, 2.05) is 43.4 Å². The first kappa shape index (κ1) is 20.3. The molecule has 2 aromatic rings. The average Bonchev–Trinajstić information content (AvgIpc) is 3.24. The standard InChI is InChI=1S/C25H27N3O/c1-5-7-8-18(6-2)17-28-25(27-4)22-16-20(9-11-23(22)26-3)19-10-12-24-21(15-19)13-14-29-24/h5-12,15-16H,2-3,13-14,17H2,1,4H3,(H,27,28)/b7-5-,18-8+. The molecule has 0 saturated carbocycles. The van der Waals surface area contributed by atoms with E-state index in [4.69, 9.17) is 4.74 Å². The van der Waals surface area contributed by atoms with E-state index in [1.165, 1.54) is 5.56 Å². The summed E-state index contributed by atoms with van der Waals surface area (Å²) in [6, 6.07) is 12.5. The Morgan fingerprint density at radius 3 is 2.72 bits per heavy atom. The van der Waals surface area contributed by atoms with Gasteiger partial charge in [-0.05, 0) is 60.2 Å². The van der Waals surface area contributed by atoms with Gasteiger partial charge in [0.25, 0.3) is 0 Å². The van der Waals surface area contributed by atoms with Crippen molar-refractivity contribution in [3.05, 3.63) is 84.0 Å². The Labute approximate surface area is 173 Å². The van der Waals surface area contributed by atoms with Crippen molar-refractivity contribution < 1.29 is 4.74 Å². The first-order valence-corrected chi connectivity index (χ1v) is 9.72. The molecule has 0 amide bonds. The molecule has 1 N–H and O–H groups in total. The second-order valence-electron chi connectivity index (χ2n) is 6.71. The lowest BCUT2D eigenvalue weighted by Crippen LogP contribution is -2.26. The summed E-state index contributed by atoms with van der Waals surface area (Å²) in [5.41, 5.74) is 6.31. The number of benzene rings is 2. The summed E-state index contributed by atoms with van der Waals surface area (Å²) >= 11 is 0. The number of amidine groups is 1. The number of nitrogens with one attached hydrogen (secondary N) is 1. The fraction of sp³-hybridized carbons (Fsp3) is 0.200. The largest absolute Gasteiger partial charge is 0.493 e. The molecule has 0 aliphatic carbocycles. The third-order valence-corrected chi connectivity index (χ3v) is 4.89. The minimum Gasteiger partial charge on any atom is -0.493 e. The Bertz CT molecular complexity index is 999. The van der Waals surface area contributed by atoms with Gasteiger partial charge in [-0.2, -0.15) is 0 Å². The van der Waals surface area contributed by atoms with Crippen LogP contribution in [-0.4, -0.2) is 32.8 Å². The van der Waals surface area contributed by atoms with Gasteiger partial charge in [0, 0.05) is 25.6 Å². The maximum absolute atomic E-state index is 5.63. The highest BCUT2D eigenvalue weighted by molar-refractivity contribution is 6.04. The lowest BCUT2D eigenvalue weighted by atomic mass is 9.98. The summed E-state index contributed by atoms with van der Waals surface area (Å²) in [7, 11) is 1.78. The molecular weight excluding hydrogens is 358 g/mol. The van der Waals surface area contributed by atoms with E-state index >= 15 is 0 Å². The first-order valence-electron chi connectivity index (χ1n) is 9.72. The summed E-state index contributed by atoms with van der Waals surface area (Å²) in [6.07, 6.45) is 8.81. The summed E-state index contributed by atoms with van der Waals surface area (Å²) in [4.78, 5) is 8.66. The highest BCUT2D eigenvalue weighted by atomic mass is 16.5. The van der Waals surface area contributed by atoms with Gasteiger partial charge < -0.3 is 10.1 Å².